The van der Waals surface area contributed by atoms with Crippen molar-refractivity contribution in [3.63, 3.8) is 0 Å². The van der Waals surface area contributed by atoms with Crippen molar-refractivity contribution < 1.29 is 48.8 Å². The molecule has 0 aliphatic carbocycles. The number of carbonyl (C=O) groups is 1. The summed E-state index contributed by atoms with van der Waals surface area (Å²) in [6.45, 7) is 0. The number of phenols is 1. The molecule has 4 rings (SSSR count). The van der Waals surface area contributed by atoms with Crippen LogP contribution >= 0.6 is 0 Å². The van der Waals surface area contributed by atoms with E-state index in [-0.39, 0.29) is 27.8 Å². The Morgan fingerprint density at radius 1 is 0.756 bits per heavy atom. The molecule has 0 fully saturated rings. The third kappa shape index (κ3) is 6.32. The van der Waals surface area contributed by atoms with Crippen LogP contribution < -0.4 is 11.1 Å². The van der Waals surface area contributed by atoms with Gasteiger partial charge in [0.1, 0.15) is 26.9 Å². The Balaban J connectivity index is 1.76. The topological polar surface area (TPSA) is 263 Å². The molecule has 0 aliphatic heterocycles. The lowest BCUT2D eigenvalue weighted by molar-refractivity contribution is 0.102. The number of aromatic hydroxyl groups is 1. The standard InChI is InChI=1S/C23H18N4O11S3/c24-16-7-5-12-9-14(39(30,31)32)11-18(28)21(12)22(16)27-26-17-8-6-13(10-20(17)41(36,37)38)25-23(29)15-3-1-2-4-19(15)40(33,34)35/h1-11,28H,24H2,(H,25,29)(H,30,31,32)(H,33,34,35)(H,36,37,38). The van der Waals surface area contributed by atoms with Crippen molar-refractivity contribution in [1.82, 2.24) is 0 Å². The van der Waals surface area contributed by atoms with Crippen LogP contribution in [-0.2, 0) is 30.4 Å². The van der Waals surface area contributed by atoms with Crippen molar-refractivity contribution in [2.75, 3.05) is 11.1 Å². The van der Waals surface area contributed by atoms with Crippen LogP contribution in [0.25, 0.3) is 10.8 Å². The largest absolute Gasteiger partial charge is 0.507 e. The average molecular weight is 623 g/mol. The number of phenolic OH excluding ortho intramolecular Hbond substituents is 1. The fraction of sp³-hybridized carbons (Fsp3) is 0. The van der Waals surface area contributed by atoms with E-state index in [1.807, 2.05) is 0 Å². The maximum atomic E-state index is 12.7. The lowest BCUT2D eigenvalue weighted by Crippen LogP contribution is -2.16. The van der Waals surface area contributed by atoms with Gasteiger partial charge in [0.25, 0.3) is 36.3 Å². The lowest BCUT2D eigenvalue weighted by atomic mass is 10.1. The third-order valence-electron chi connectivity index (χ3n) is 5.54. The van der Waals surface area contributed by atoms with E-state index in [1.54, 1.807) is 0 Å². The van der Waals surface area contributed by atoms with Gasteiger partial charge in [-0.25, -0.2) is 0 Å². The molecule has 4 aromatic carbocycles. The number of azo groups is 1. The van der Waals surface area contributed by atoms with Gasteiger partial charge < -0.3 is 16.2 Å². The summed E-state index contributed by atoms with van der Waals surface area (Å²) in [4.78, 5) is 10.5. The summed E-state index contributed by atoms with van der Waals surface area (Å²) in [6, 6.07) is 12.1. The Labute approximate surface area is 232 Å². The minimum absolute atomic E-state index is 0.0639. The molecule has 15 nitrogen and oxygen atoms in total. The first-order valence-electron chi connectivity index (χ1n) is 10.9. The monoisotopic (exact) mass is 622 g/mol. The molecule has 0 saturated carbocycles. The number of benzene rings is 4. The highest BCUT2D eigenvalue weighted by Crippen LogP contribution is 2.41. The number of hydrogen-bond donors (Lipinski definition) is 6. The van der Waals surface area contributed by atoms with E-state index in [9.17, 15) is 48.8 Å². The molecule has 0 aliphatic rings. The number of rotatable bonds is 7. The number of carbonyl (C=O) groups excluding carboxylic acids is 1. The molecule has 214 valence electrons. The van der Waals surface area contributed by atoms with Gasteiger partial charge in [-0.15, -0.1) is 10.2 Å². The fourth-order valence-electron chi connectivity index (χ4n) is 3.73. The fourth-order valence-corrected chi connectivity index (χ4v) is 5.61. The zero-order valence-corrected chi connectivity index (χ0v) is 22.6. The zero-order valence-electron chi connectivity index (χ0n) is 20.2. The van der Waals surface area contributed by atoms with E-state index in [0.717, 1.165) is 42.5 Å². The first kappa shape index (κ1) is 29.5. The Morgan fingerprint density at radius 2 is 1.41 bits per heavy atom. The van der Waals surface area contributed by atoms with Crippen LogP contribution in [0.4, 0.5) is 22.7 Å². The van der Waals surface area contributed by atoms with E-state index >= 15 is 0 Å². The number of amides is 1. The smallest absolute Gasteiger partial charge is 0.296 e. The predicted octanol–water partition coefficient (Wildman–Crippen LogP) is 3.54. The maximum Gasteiger partial charge on any atom is 0.296 e. The van der Waals surface area contributed by atoms with Gasteiger partial charge in [0.05, 0.1) is 21.5 Å². The van der Waals surface area contributed by atoms with Crippen LogP contribution in [0.15, 0.2) is 91.6 Å². The average Bonchev–Trinajstić information content (AvgIpc) is 2.87. The van der Waals surface area contributed by atoms with Crippen molar-refractivity contribution in [2.45, 2.75) is 14.7 Å². The van der Waals surface area contributed by atoms with Crippen LogP contribution in [0.1, 0.15) is 10.4 Å². The summed E-state index contributed by atoms with van der Waals surface area (Å²) in [6.07, 6.45) is 0. The van der Waals surface area contributed by atoms with Crippen LogP contribution in [0, 0.1) is 0 Å². The Morgan fingerprint density at radius 3 is 2.05 bits per heavy atom. The van der Waals surface area contributed by atoms with Gasteiger partial charge >= 0.3 is 0 Å². The number of fused-ring (bicyclic) bond motifs is 1. The first-order chi connectivity index (χ1) is 19.0. The molecule has 0 saturated heterocycles. The molecule has 0 spiro atoms. The van der Waals surface area contributed by atoms with Gasteiger partial charge in [0.2, 0.25) is 0 Å². The molecule has 18 heteroatoms. The number of anilines is 2. The summed E-state index contributed by atoms with van der Waals surface area (Å²) in [7, 11) is -14.4. The highest BCUT2D eigenvalue weighted by molar-refractivity contribution is 7.86. The highest BCUT2D eigenvalue weighted by atomic mass is 32.2. The second-order valence-electron chi connectivity index (χ2n) is 8.30. The molecule has 4 aromatic rings. The lowest BCUT2D eigenvalue weighted by Gasteiger charge is -2.11. The Bertz CT molecular complexity index is 2090. The highest BCUT2D eigenvalue weighted by Gasteiger charge is 2.22. The quantitative estimate of drug-likeness (QED) is 0.0982. The summed E-state index contributed by atoms with van der Waals surface area (Å²) in [5, 5.41) is 20.3. The van der Waals surface area contributed by atoms with Crippen molar-refractivity contribution in [3.05, 3.63) is 72.3 Å². The van der Waals surface area contributed by atoms with E-state index < -0.39 is 67.9 Å². The van der Waals surface area contributed by atoms with Crippen molar-refractivity contribution >= 4 is 69.8 Å². The van der Waals surface area contributed by atoms with Gasteiger partial charge in [-0.3, -0.25) is 18.5 Å². The van der Waals surface area contributed by atoms with Gasteiger partial charge in [-0.1, -0.05) is 18.2 Å². The minimum Gasteiger partial charge on any atom is -0.507 e. The third-order valence-corrected chi connectivity index (χ3v) is 8.16. The maximum absolute atomic E-state index is 12.7. The van der Waals surface area contributed by atoms with Gasteiger partial charge in [0, 0.05) is 11.8 Å². The van der Waals surface area contributed by atoms with Crippen molar-refractivity contribution in [3.8, 4) is 5.75 Å². The zero-order chi connectivity index (χ0) is 30.3. The van der Waals surface area contributed by atoms with E-state index in [4.69, 9.17) is 5.73 Å². The number of hydrogen-bond acceptors (Lipinski definition) is 11. The summed E-state index contributed by atoms with van der Waals surface area (Å²) >= 11 is 0. The van der Waals surface area contributed by atoms with Crippen molar-refractivity contribution in [1.29, 1.82) is 0 Å². The predicted molar refractivity (Wildman–Crippen MR) is 144 cm³/mol. The number of nitrogens with zero attached hydrogens (tertiary/aromatic N) is 2. The van der Waals surface area contributed by atoms with Gasteiger partial charge in [-0.2, -0.15) is 25.3 Å². The van der Waals surface area contributed by atoms with Crippen LogP contribution in [0.5, 0.6) is 5.75 Å². The molecule has 1 amide bonds. The summed E-state index contributed by atoms with van der Waals surface area (Å²) < 4.78 is 98.8. The second-order valence-corrected chi connectivity index (χ2v) is 12.5. The second kappa shape index (κ2) is 10.5. The number of nitrogen functional groups attached to an aromatic ring is 1. The van der Waals surface area contributed by atoms with E-state index in [0.29, 0.717) is 0 Å². The minimum atomic E-state index is -4.99. The molecule has 7 N–H and O–H groups in total. The molecular weight excluding hydrogens is 604 g/mol. The van der Waals surface area contributed by atoms with E-state index in [2.05, 4.69) is 15.5 Å². The van der Waals surface area contributed by atoms with Gasteiger partial charge in [0.15, 0.2) is 0 Å². The van der Waals surface area contributed by atoms with Crippen LogP contribution in [0.3, 0.4) is 0 Å². The number of nitrogens with two attached hydrogens (primary N) is 1. The first-order valence-corrected chi connectivity index (χ1v) is 15.2. The normalized spacial score (nSPS) is 12.6. The molecule has 0 unspecified atom stereocenters. The molecule has 0 heterocycles. The van der Waals surface area contributed by atoms with Gasteiger partial charge in [-0.05, 0) is 47.9 Å². The Hall–Kier alpha value is -4.46. The molecule has 0 bridgehead atoms. The summed E-state index contributed by atoms with van der Waals surface area (Å²) in [5.41, 5.74) is 4.55. The summed E-state index contributed by atoms with van der Waals surface area (Å²) in [5.74, 6) is -1.67. The Kier molecular flexibility index (Phi) is 7.56. The number of nitrogens with one attached hydrogen (secondary N) is 1. The van der Waals surface area contributed by atoms with E-state index in [1.165, 1.54) is 24.3 Å². The molecule has 0 aromatic heterocycles. The molecular formula is C23H18N4O11S3. The van der Waals surface area contributed by atoms with Crippen LogP contribution in [0.2, 0.25) is 0 Å². The molecule has 0 radical (unpaired) electrons. The SMILES string of the molecule is Nc1ccc2cc(S(=O)(=O)O)cc(O)c2c1N=Nc1ccc(NC(=O)c2ccccc2S(=O)(=O)O)cc1S(=O)(=O)O. The van der Waals surface area contributed by atoms with Crippen LogP contribution in [-0.4, -0.2) is 49.9 Å². The molecule has 0 atom stereocenters. The van der Waals surface area contributed by atoms with Crippen molar-refractivity contribution in [2.24, 2.45) is 10.2 Å². The molecule has 41 heavy (non-hydrogen) atoms.